The van der Waals surface area contributed by atoms with Crippen molar-refractivity contribution in [3.63, 3.8) is 0 Å². The molecule has 1 saturated heterocycles. The topological polar surface area (TPSA) is 95.6 Å². The van der Waals surface area contributed by atoms with E-state index in [9.17, 15) is 18.0 Å². The summed E-state index contributed by atoms with van der Waals surface area (Å²) in [5, 5.41) is 1.74. The van der Waals surface area contributed by atoms with Gasteiger partial charge in [-0.15, -0.1) is 11.3 Å². The van der Waals surface area contributed by atoms with Gasteiger partial charge in [0.25, 0.3) is 10.0 Å². The molecule has 1 saturated carbocycles. The van der Waals surface area contributed by atoms with E-state index in [1.807, 2.05) is 0 Å². The van der Waals surface area contributed by atoms with Crippen molar-refractivity contribution < 1.29 is 18.0 Å². The fourth-order valence-electron chi connectivity index (χ4n) is 3.59. The van der Waals surface area contributed by atoms with Crippen molar-refractivity contribution in [3.05, 3.63) is 17.5 Å². The van der Waals surface area contributed by atoms with Gasteiger partial charge in [-0.2, -0.15) is 4.31 Å². The van der Waals surface area contributed by atoms with Crippen LogP contribution in [-0.4, -0.2) is 37.6 Å². The maximum atomic E-state index is 12.5. The summed E-state index contributed by atoms with van der Waals surface area (Å²) in [5.74, 6) is -0.642. The summed E-state index contributed by atoms with van der Waals surface area (Å²) in [4.78, 5) is 24.4. The second-order valence-corrected chi connectivity index (χ2v) is 10.0. The van der Waals surface area contributed by atoms with Crippen molar-refractivity contribution in [1.82, 2.24) is 15.2 Å². The average molecular weight is 400 g/mol. The standard InChI is InChI=1S/C17H25N3O4S2/c21-16(13-5-2-1-3-6-13)18-19-17(22)14-8-10-20(11-9-14)26(23,24)15-7-4-12-25-15/h4,7,12-14H,1-3,5-6,8-11H2,(H,18,21)(H,19,22). The van der Waals surface area contributed by atoms with Gasteiger partial charge >= 0.3 is 0 Å². The van der Waals surface area contributed by atoms with Gasteiger partial charge in [0.2, 0.25) is 11.8 Å². The Morgan fingerprint density at radius 3 is 2.08 bits per heavy atom. The number of thiophene rings is 1. The van der Waals surface area contributed by atoms with Crippen LogP contribution in [0.25, 0.3) is 0 Å². The number of hydrazine groups is 1. The van der Waals surface area contributed by atoms with Crippen LogP contribution in [0.15, 0.2) is 21.7 Å². The average Bonchev–Trinajstić information content (AvgIpc) is 3.22. The molecule has 7 nitrogen and oxygen atoms in total. The van der Waals surface area contributed by atoms with Crippen molar-refractivity contribution >= 4 is 33.2 Å². The predicted molar refractivity (Wildman–Crippen MR) is 98.7 cm³/mol. The molecule has 1 aliphatic heterocycles. The van der Waals surface area contributed by atoms with Crippen LogP contribution < -0.4 is 10.9 Å². The van der Waals surface area contributed by atoms with Crippen LogP contribution in [-0.2, 0) is 19.6 Å². The molecule has 0 radical (unpaired) electrons. The highest BCUT2D eigenvalue weighted by molar-refractivity contribution is 7.91. The normalized spacial score (nSPS) is 20.6. The lowest BCUT2D eigenvalue weighted by molar-refractivity contribution is -0.134. The Labute approximate surface area is 158 Å². The van der Waals surface area contributed by atoms with Gasteiger partial charge in [-0.05, 0) is 37.1 Å². The number of nitrogens with zero attached hydrogens (tertiary/aromatic N) is 1. The zero-order chi connectivity index (χ0) is 18.6. The van der Waals surface area contributed by atoms with Crippen molar-refractivity contribution in [2.24, 2.45) is 11.8 Å². The second-order valence-electron chi connectivity index (χ2n) is 6.92. The number of carbonyl (C=O) groups is 2. The first-order valence-corrected chi connectivity index (χ1v) is 11.4. The molecule has 3 rings (SSSR count). The van der Waals surface area contributed by atoms with Gasteiger partial charge in [0.05, 0.1) is 0 Å². The molecular formula is C17H25N3O4S2. The van der Waals surface area contributed by atoms with Crippen LogP contribution in [0.5, 0.6) is 0 Å². The Hall–Kier alpha value is -1.45. The van der Waals surface area contributed by atoms with Crippen LogP contribution in [0.1, 0.15) is 44.9 Å². The van der Waals surface area contributed by atoms with Crippen LogP contribution >= 0.6 is 11.3 Å². The van der Waals surface area contributed by atoms with Gasteiger partial charge in [0.15, 0.2) is 0 Å². The van der Waals surface area contributed by atoms with Crippen molar-refractivity contribution in [2.45, 2.75) is 49.2 Å². The largest absolute Gasteiger partial charge is 0.273 e. The SMILES string of the molecule is O=C(NNC(=O)C1CCN(S(=O)(=O)c2cccs2)CC1)C1CCCCC1. The van der Waals surface area contributed by atoms with Gasteiger partial charge < -0.3 is 0 Å². The second kappa shape index (κ2) is 8.49. The smallest absolute Gasteiger partial charge is 0.252 e. The molecule has 2 heterocycles. The van der Waals surface area contributed by atoms with E-state index in [1.54, 1.807) is 17.5 Å². The Balaban J connectivity index is 1.45. The molecule has 0 atom stereocenters. The van der Waals surface area contributed by atoms with Crippen molar-refractivity contribution in [2.75, 3.05) is 13.1 Å². The fraction of sp³-hybridized carbons (Fsp3) is 0.647. The number of sulfonamides is 1. The third-order valence-electron chi connectivity index (χ3n) is 5.20. The Bertz CT molecular complexity index is 719. The van der Waals surface area contributed by atoms with E-state index in [4.69, 9.17) is 0 Å². The third kappa shape index (κ3) is 4.44. The van der Waals surface area contributed by atoms with Crippen LogP contribution in [0.3, 0.4) is 0 Å². The summed E-state index contributed by atoms with van der Waals surface area (Å²) in [6.07, 6.45) is 5.95. The summed E-state index contributed by atoms with van der Waals surface area (Å²) >= 11 is 1.20. The molecule has 0 aromatic carbocycles. The number of nitrogens with one attached hydrogen (secondary N) is 2. The Kier molecular flexibility index (Phi) is 6.31. The van der Waals surface area contributed by atoms with Gasteiger partial charge in [0, 0.05) is 24.9 Å². The first-order chi connectivity index (χ1) is 12.5. The first kappa shape index (κ1) is 19.3. The number of piperidine rings is 1. The number of rotatable bonds is 4. The minimum Gasteiger partial charge on any atom is -0.273 e. The van der Waals surface area contributed by atoms with Crippen LogP contribution in [0, 0.1) is 11.8 Å². The summed E-state index contributed by atoms with van der Waals surface area (Å²) in [7, 11) is -3.46. The predicted octanol–water partition coefficient (Wildman–Crippen LogP) is 1.88. The summed E-state index contributed by atoms with van der Waals surface area (Å²) in [6, 6.07) is 3.31. The van der Waals surface area contributed by atoms with Gasteiger partial charge in [-0.25, -0.2) is 8.42 Å². The molecule has 1 aromatic rings. The zero-order valence-corrected chi connectivity index (χ0v) is 16.3. The minimum absolute atomic E-state index is 0.0122. The molecule has 2 amide bonds. The lowest BCUT2D eigenvalue weighted by atomic mass is 9.89. The Morgan fingerprint density at radius 1 is 0.962 bits per heavy atom. The molecule has 2 fully saturated rings. The van der Waals surface area contributed by atoms with Gasteiger partial charge in [0.1, 0.15) is 4.21 Å². The maximum Gasteiger partial charge on any atom is 0.252 e. The monoisotopic (exact) mass is 399 g/mol. The highest BCUT2D eigenvalue weighted by atomic mass is 32.2. The molecule has 9 heteroatoms. The Morgan fingerprint density at radius 2 is 1.54 bits per heavy atom. The third-order valence-corrected chi connectivity index (χ3v) is 8.47. The molecular weight excluding hydrogens is 374 g/mol. The lowest BCUT2D eigenvalue weighted by Crippen LogP contribution is -2.49. The van der Waals surface area contributed by atoms with E-state index < -0.39 is 10.0 Å². The quantitative estimate of drug-likeness (QED) is 0.756. The van der Waals surface area contributed by atoms with E-state index in [-0.39, 0.29) is 23.7 Å². The van der Waals surface area contributed by atoms with E-state index in [1.165, 1.54) is 22.1 Å². The van der Waals surface area contributed by atoms with E-state index in [0.29, 0.717) is 30.1 Å². The highest BCUT2D eigenvalue weighted by Gasteiger charge is 2.33. The molecule has 26 heavy (non-hydrogen) atoms. The van der Waals surface area contributed by atoms with Crippen LogP contribution in [0.4, 0.5) is 0 Å². The molecule has 2 N–H and O–H groups in total. The molecule has 2 aliphatic rings. The van der Waals surface area contributed by atoms with Crippen molar-refractivity contribution in [3.8, 4) is 0 Å². The van der Waals surface area contributed by atoms with E-state index >= 15 is 0 Å². The highest BCUT2D eigenvalue weighted by Crippen LogP contribution is 2.26. The summed E-state index contributed by atoms with van der Waals surface area (Å²) < 4.78 is 26.8. The lowest BCUT2D eigenvalue weighted by Gasteiger charge is -2.30. The summed E-state index contributed by atoms with van der Waals surface area (Å²) in [5.41, 5.74) is 5.07. The molecule has 144 valence electrons. The first-order valence-electron chi connectivity index (χ1n) is 9.12. The maximum absolute atomic E-state index is 12.5. The van der Waals surface area contributed by atoms with E-state index in [0.717, 1.165) is 25.7 Å². The molecule has 0 bridgehead atoms. The molecule has 1 aromatic heterocycles. The van der Waals surface area contributed by atoms with E-state index in [2.05, 4.69) is 10.9 Å². The van der Waals surface area contributed by atoms with Crippen LogP contribution in [0.2, 0.25) is 0 Å². The molecule has 0 spiro atoms. The number of hydrogen-bond donors (Lipinski definition) is 2. The fourth-order valence-corrected chi connectivity index (χ4v) is 6.20. The minimum atomic E-state index is -3.46. The van der Waals surface area contributed by atoms with Crippen molar-refractivity contribution in [1.29, 1.82) is 0 Å². The zero-order valence-electron chi connectivity index (χ0n) is 14.6. The summed E-state index contributed by atoms with van der Waals surface area (Å²) in [6.45, 7) is 0.629. The molecule has 0 unspecified atom stereocenters. The number of hydrogen-bond acceptors (Lipinski definition) is 5. The molecule has 1 aliphatic carbocycles. The number of carbonyl (C=O) groups excluding carboxylic acids is 2. The van der Waals surface area contributed by atoms with Gasteiger partial charge in [-0.3, -0.25) is 20.4 Å². The van der Waals surface area contributed by atoms with Gasteiger partial charge in [-0.1, -0.05) is 25.3 Å². The number of amides is 2.